The lowest BCUT2D eigenvalue weighted by molar-refractivity contribution is -0.113. The number of allylic oxidation sites excluding steroid dienone is 3. The summed E-state index contributed by atoms with van der Waals surface area (Å²) < 4.78 is 0. The van der Waals surface area contributed by atoms with Gasteiger partial charge in [-0.05, 0) is 68.7 Å². The number of fused-ring (bicyclic) bond motifs is 1. The molecular formula is C30H40N2O2S. The number of thiophene rings is 1. The van der Waals surface area contributed by atoms with Crippen LogP contribution in [-0.4, -0.2) is 30.5 Å². The molecule has 1 atom stereocenters. The van der Waals surface area contributed by atoms with Gasteiger partial charge in [0.25, 0.3) is 0 Å². The normalized spacial score (nSPS) is 15.3. The molecule has 1 aromatic heterocycles. The average Bonchev–Trinajstić information content (AvgIpc) is 3.51. The summed E-state index contributed by atoms with van der Waals surface area (Å²) >= 11 is 1.46. The molecule has 1 unspecified atom stereocenters. The Hall–Kier alpha value is -2.92. The molecule has 188 valence electrons. The van der Waals surface area contributed by atoms with Gasteiger partial charge in [-0.2, -0.15) is 0 Å². The first-order valence-electron chi connectivity index (χ1n) is 12.5. The van der Waals surface area contributed by atoms with Crippen LogP contribution in [0.25, 0.3) is 0 Å². The van der Waals surface area contributed by atoms with Crippen LogP contribution in [0.2, 0.25) is 0 Å². The van der Waals surface area contributed by atoms with Crippen LogP contribution >= 0.6 is 11.3 Å². The van der Waals surface area contributed by atoms with Crippen molar-refractivity contribution in [2.45, 2.75) is 72.6 Å². The molecule has 5 heteroatoms. The van der Waals surface area contributed by atoms with Crippen molar-refractivity contribution < 1.29 is 11.0 Å². The van der Waals surface area contributed by atoms with Gasteiger partial charge in [0.15, 0.2) is 11.6 Å². The van der Waals surface area contributed by atoms with Crippen molar-refractivity contribution in [2.75, 3.05) is 7.05 Å². The number of aliphatic imine (C=N–C) groups is 2. The van der Waals surface area contributed by atoms with E-state index < -0.39 is 0 Å². The summed E-state index contributed by atoms with van der Waals surface area (Å²) in [5, 5.41) is 0. The highest BCUT2D eigenvalue weighted by Gasteiger charge is 2.22. The van der Waals surface area contributed by atoms with Crippen LogP contribution < -0.4 is 0 Å². The number of carbonyl (C=O) groups is 2. The van der Waals surface area contributed by atoms with Crippen molar-refractivity contribution in [3.8, 4) is 0 Å². The summed E-state index contributed by atoms with van der Waals surface area (Å²) in [7, 11) is 1.69. The highest BCUT2D eigenvalue weighted by atomic mass is 32.1. The quantitative estimate of drug-likeness (QED) is 0.305. The van der Waals surface area contributed by atoms with E-state index in [-0.39, 0.29) is 18.9 Å². The molecule has 2 aromatic rings. The maximum atomic E-state index is 12.8. The molecule has 2 heterocycles. The second-order valence-electron chi connectivity index (χ2n) is 8.56. The van der Waals surface area contributed by atoms with Gasteiger partial charge < -0.3 is 0 Å². The lowest BCUT2D eigenvalue weighted by atomic mass is 9.94. The van der Waals surface area contributed by atoms with Crippen molar-refractivity contribution in [3.63, 3.8) is 0 Å². The molecule has 0 amide bonds. The molecule has 0 spiro atoms. The van der Waals surface area contributed by atoms with Gasteiger partial charge in [-0.25, -0.2) is 0 Å². The van der Waals surface area contributed by atoms with Gasteiger partial charge in [0.2, 0.25) is 0 Å². The molecule has 0 N–H and O–H groups in total. The number of rotatable bonds is 6. The minimum Gasteiger partial charge on any atom is -0.296 e. The summed E-state index contributed by atoms with van der Waals surface area (Å²) in [6.45, 7) is 9.56. The van der Waals surface area contributed by atoms with Crippen LogP contribution in [-0.2, 0) is 17.6 Å². The fraction of sp³-hybridized carbons (Fsp3) is 0.400. The summed E-state index contributed by atoms with van der Waals surface area (Å²) in [5.74, 6) is 0.106. The molecule has 2 aliphatic rings. The highest BCUT2D eigenvalue weighted by molar-refractivity contribution is 7.14. The number of carbonyl (C=O) groups excluding carboxylic acids is 2. The molecule has 1 aliphatic heterocycles. The first-order chi connectivity index (χ1) is 16.9. The van der Waals surface area contributed by atoms with Crippen LogP contribution in [0.5, 0.6) is 0 Å². The first kappa shape index (κ1) is 28.3. The van der Waals surface area contributed by atoms with Crippen molar-refractivity contribution >= 4 is 34.8 Å². The predicted octanol–water partition coefficient (Wildman–Crippen LogP) is 7.84. The number of benzene rings is 1. The third-order valence-corrected chi connectivity index (χ3v) is 7.35. The van der Waals surface area contributed by atoms with Crippen molar-refractivity contribution in [2.24, 2.45) is 9.98 Å². The maximum absolute atomic E-state index is 12.8. The Morgan fingerprint density at radius 3 is 2.37 bits per heavy atom. The topological polar surface area (TPSA) is 58.9 Å². The summed E-state index contributed by atoms with van der Waals surface area (Å²) in [6.07, 6.45) is 10.4. The van der Waals surface area contributed by atoms with Gasteiger partial charge in [0, 0.05) is 37.8 Å². The lowest BCUT2D eigenvalue weighted by Gasteiger charge is -2.11. The van der Waals surface area contributed by atoms with E-state index in [0.717, 1.165) is 27.3 Å². The minimum absolute atomic E-state index is 0. The van der Waals surface area contributed by atoms with E-state index in [1.165, 1.54) is 30.6 Å². The van der Waals surface area contributed by atoms with Gasteiger partial charge in [-0.15, -0.1) is 11.3 Å². The van der Waals surface area contributed by atoms with Crippen LogP contribution in [0.1, 0.15) is 86.9 Å². The second kappa shape index (κ2) is 14.5. The van der Waals surface area contributed by atoms with Crippen LogP contribution in [0.3, 0.4) is 0 Å². The number of hydrogen-bond donors (Lipinski definition) is 0. The zero-order valence-electron chi connectivity index (χ0n) is 21.9. The monoisotopic (exact) mass is 492 g/mol. The van der Waals surface area contributed by atoms with Crippen LogP contribution in [0, 0.1) is 0 Å². The molecule has 4 rings (SSSR count). The first-order valence-corrected chi connectivity index (χ1v) is 13.3. The summed E-state index contributed by atoms with van der Waals surface area (Å²) in [6, 6.07) is 12.5. The SMILES string of the molecule is CC.CN=CC1=C(C)CC=CN=C1C(=O)CC(C)c1ccc(C(C)=O)s1.[HH].c1ccc2c(c1)CCC2. The van der Waals surface area contributed by atoms with E-state index in [2.05, 4.69) is 34.3 Å². The highest BCUT2D eigenvalue weighted by Crippen LogP contribution is 2.28. The standard InChI is InChI=1S/C19H22N2O2S.C9H10.C2H6.H2/c1-12-6-5-9-21-19(15(12)11-20-4)16(23)10-13(2)17-7-8-18(24-17)14(3)22;1-2-5-9-7-3-6-8(9)4-1;1-2;/h5,7-9,11,13H,6,10H2,1-4H3;1-2,4-5H,3,6-7H2;1-2H3;1H. The molecule has 0 bridgehead atoms. The van der Waals surface area contributed by atoms with Crippen molar-refractivity contribution in [1.29, 1.82) is 0 Å². The van der Waals surface area contributed by atoms with Gasteiger partial charge in [0.1, 0.15) is 5.71 Å². The van der Waals surface area contributed by atoms with Gasteiger partial charge in [-0.1, -0.05) is 56.7 Å². The second-order valence-corrected chi connectivity index (χ2v) is 9.67. The van der Waals surface area contributed by atoms with E-state index in [4.69, 9.17) is 0 Å². The predicted molar refractivity (Wildman–Crippen MR) is 153 cm³/mol. The van der Waals surface area contributed by atoms with E-state index >= 15 is 0 Å². The molecule has 0 fully saturated rings. The van der Waals surface area contributed by atoms with E-state index in [1.807, 2.05) is 45.9 Å². The number of hydrogen-bond acceptors (Lipinski definition) is 5. The third kappa shape index (κ3) is 8.07. The van der Waals surface area contributed by atoms with Gasteiger partial charge >= 0.3 is 0 Å². The zero-order chi connectivity index (χ0) is 25.8. The Morgan fingerprint density at radius 1 is 1.14 bits per heavy atom. The average molecular weight is 493 g/mol. The Balaban J connectivity index is 0.000000447. The number of Topliss-reactive ketones (excluding diaryl/α,β-unsaturated/α-hetero) is 2. The van der Waals surface area contributed by atoms with Crippen LogP contribution in [0.15, 0.2) is 69.8 Å². The Morgan fingerprint density at radius 2 is 1.80 bits per heavy atom. The van der Waals surface area contributed by atoms with Crippen molar-refractivity contribution in [1.82, 2.24) is 0 Å². The zero-order valence-corrected chi connectivity index (χ0v) is 22.7. The van der Waals surface area contributed by atoms with Gasteiger partial charge in [-0.3, -0.25) is 19.6 Å². The van der Waals surface area contributed by atoms with Crippen LogP contribution in [0.4, 0.5) is 0 Å². The van der Waals surface area contributed by atoms with Crippen molar-refractivity contribution in [3.05, 3.63) is 80.7 Å². The Bertz CT molecular complexity index is 1120. The van der Waals surface area contributed by atoms with E-state index in [0.29, 0.717) is 12.1 Å². The summed E-state index contributed by atoms with van der Waals surface area (Å²) in [4.78, 5) is 34.4. The Labute approximate surface area is 216 Å². The Kier molecular flexibility index (Phi) is 11.7. The molecular weight excluding hydrogens is 452 g/mol. The fourth-order valence-electron chi connectivity index (χ4n) is 4.06. The van der Waals surface area contributed by atoms with E-state index in [9.17, 15) is 9.59 Å². The maximum Gasteiger partial charge on any atom is 0.182 e. The largest absolute Gasteiger partial charge is 0.296 e. The molecule has 0 saturated carbocycles. The third-order valence-electron chi connectivity index (χ3n) is 5.93. The molecule has 35 heavy (non-hydrogen) atoms. The lowest BCUT2D eigenvalue weighted by Crippen LogP contribution is -2.20. The van der Waals surface area contributed by atoms with Gasteiger partial charge in [0.05, 0.1) is 4.88 Å². The smallest absolute Gasteiger partial charge is 0.182 e. The van der Waals surface area contributed by atoms with E-state index in [1.54, 1.807) is 37.5 Å². The number of aryl methyl sites for hydroxylation is 2. The molecule has 0 saturated heterocycles. The molecule has 4 nitrogen and oxygen atoms in total. The fourth-order valence-corrected chi connectivity index (χ4v) is 5.01. The number of nitrogens with zero attached hydrogens (tertiary/aromatic N) is 2. The molecule has 1 aliphatic carbocycles. The minimum atomic E-state index is 0. The summed E-state index contributed by atoms with van der Waals surface area (Å²) in [5.41, 5.74) is 5.51. The number of ketones is 2. The molecule has 0 radical (unpaired) electrons. The molecule has 1 aromatic carbocycles.